The van der Waals surface area contributed by atoms with Crippen LogP contribution in [0.25, 0.3) is 0 Å². The van der Waals surface area contributed by atoms with E-state index in [1.54, 1.807) is 0 Å². The second kappa shape index (κ2) is 6.01. The molecule has 0 radical (unpaired) electrons. The van der Waals surface area contributed by atoms with E-state index in [2.05, 4.69) is 48.5 Å². The summed E-state index contributed by atoms with van der Waals surface area (Å²) in [5.41, 5.74) is 2.50. The number of aryl methyl sites for hydroxylation is 2. The van der Waals surface area contributed by atoms with Gasteiger partial charge in [0.2, 0.25) is 5.91 Å². The lowest BCUT2D eigenvalue weighted by molar-refractivity contribution is -0.121. The Kier molecular flexibility index (Phi) is 4.37. The van der Waals surface area contributed by atoms with Crippen LogP contribution in [0, 0.1) is 6.92 Å². The van der Waals surface area contributed by atoms with Gasteiger partial charge in [0.05, 0.1) is 0 Å². The number of nitrogens with one attached hydrogen (secondary N) is 1. The van der Waals surface area contributed by atoms with Crippen LogP contribution in [0.3, 0.4) is 0 Å². The smallest absolute Gasteiger partial charge is 0.220 e. The molecule has 0 spiro atoms. The molecule has 1 N–H and O–H groups in total. The molecule has 1 saturated heterocycles. The predicted octanol–water partition coefficient (Wildman–Crippen LogP) is 1.75. The maximum atomic E-state index is 11.8. The molecule has 1 unspecified atom stereocenters. The van der Waals surface area contributed by atoms with E-state index in [4.69, 9.17) is 0 Å². The van der Waals surface area contributed by atoms with Gasteiger partial charge in [-0.2, -0.15) is 0 Å². The van der Waals surface area contributed by atoms with Crippen LogP contribution in [0.1, 0.15) is 24.0 Å². The lowest BCUT2D eigenvalue weighted by Crippen LogP contribution is -2.36. The number of hydrogen-bond donors (Lipinski definition) is 1. The Balaban J connectivity index is 1.73. The van der Waals surface area contributed by atoms with Crippen molar-refractivity contribution in [2.45, 2.75) is 32.2 Å². The fourth-order valence-corrected chi connectivity index (χ4v) is 2.37. The molecule has 0 aromatic heterocycles. The van der Waals surface area contributed by atoms with Crippen LogP contribution in [-0.4, -0.2) is 37.0 Å². The number of benzene rings is 1. The zero-order valence-electron chi connectivity index (χ0n) is 11.3. The van der Waals surface area contributed by atoms with Crippen molar-refractivity contribution in [1.82, 2.24) is 10.2 Å². The van der Waals surface area contributed by atoms with Gasteiger partial charge in [-0.05, 0) is 38.9 Å². The molecular formula is C15H22N2O. The summed E-state index contributed by atoms with van der Waals surface area (Å²) in [7, 11) is 2.10. The van der Waals surface area contributed by atoms with Crippen molar-refractivity contribution in [1.29, 1.82) is 0 Å². The van der Waals surface area contributed by atoms with E-state index < -0.39 is 0 Å². The number of likely N-dealkylation sites (N-methyl/N-ethyl adjacent to an activating group) is 1. The molecule has 0 aliphatic carbocycles. The van der Waals surface area contributed by atoms with Crippen LogP contribution in [0.2, 0.25) is 0 Å². The molecule has 3 nitrogen and oxygen atoms in total. The van der Waals surface area contributed by atoms with E-state index in [0.29, 0.717) is 12.5 Å². The van der Waals surface area contributed by atoms with Crippen molar-refractivity contribution in [2.75, 3.05) is 20.1 Å². The molecule has 1 aromatic carbocycles. The minimum Gasteiger partial charge on any atom is -0.352 e. The summed E-state index contributed by atoms with van der Waals surface area (Å²) in [6.45, 7) is 4.15. The van der Waals surface area contributed by atoms with Gasteiger partial charge in [0.15, 0.2) is 0 Å². The van der Waals surface area contributed by atoms with E-state index in [-0.39, 0.29) is 5.91 Å². The number of amides is 1. The van der Waals surface area contributed by atoms with Crippen molar-refractivity contribution >= 4 is 5.91 Å². The highest BCUT2D eigenvalue weighted by molar-refractivity contribution is 5.76. The minimum atomic E-state index is 0.177. The van der Waals surface area contributed by atoms with Gasteiger partial charge in [0.1, 0.15) is 0 Å². The van der Waals surface area contributed by atoms with E-state index >= 15 is 0 Å². The summed E-state index contributed by atoms with van der Waals surface area (Å²) in [4.78, 5) is 14.1. The number of carbonyl (C=O) groups is 1. The summed E-state index contributed by atoms with van der Waals surface area (Å²) >= 11 is 0. The number of likely N-dealkylation sites (tertiary alicyclic amines) is 1. The Labute approximate surface area is 109 Å². The van der Waals surface area contributed by atoms with Crippen LogP contribution in [0.15, 0.2) is 24.3 Å². The highest BCUT2D eigenvalue weighted by Gasteiger charge is 2.20. The number of rotatable bonds is 4. The van der Waals surface area contributed by atoms with Gasteiger partial charge in [-0.1, -0.05) is 29.8 Å². The molecule has 1 fully saturated rings. The molecule has 98 valence electrons. The monoisotopic (exact) mass is 246 g/mol. The number of carbonyl (C=O) groups excluding carboxylic acids is 1. The molecule has 1 atom stereocenters. The second-order valence-corrected chi connectivity index (χ2v) is 5.30. The maximum Gasteiger partial charge on any atom is 0.220 e. The van der Waals surface area contributed by atoms with Gasteiger partial charge < -0.3 is 10.2 Å². The number of nitrogens with zero attached hydrogens (tertiary/aromatic N) is 1. The van der Waals surface area contributed by atoms with E-state index in [1.165, 1.54) is 11.1 Å². The Bertz CT molecular complexity index is 399. The zero-order chi connectivity index (χ0) is 13.0. The molecule has 1 aliphatic heterocycles. The van der Waals surface area contributed by atoms with Crippen molar-refractivity contribution in [3.8, 4) is 0 Å². The maximum absolute atomic E-state index is 11.8. The van der Waals surface area contributed by atoms with Gasteiger partial charge >= 0.3 is 0 Å². The average molecular weight is 246 g/mol. The zero-order valence-corrected chi connectivity index (χ0v) is 11.3. The fraction of sp³-hybridized carbons (Fsp3) is 0.533. The Morgan fingerprint density at radius 3 is 2.72 bits per heavy atom. The molecule has 1 amide bonds. The van der Waals surface area contributed by atoms with Crippen LogP contribution in [0.4, 0.5) is 0 Å². The molecular weight excluding hydrogens is 224 g/mol. The van der Waals surface area contributed by atoms with Crippen molar-refractivity contribution in [2.24, 2.45) is 0 Å². The van der Waals surface area contributed by atoms with Crippen LogP contribution >= 0.6 is 0 Å². The van der Waals surface area contributed by atoms with Crippen molar-refractivity contribution < 1.29 is 4.79 Å². The topological polar surface area (TPSA) is 32.3 Å². The lowest BCUT2D eigenvalue weighted by atomic mass is 10.1. The third kappa shape index (κ3) is 3.84. The average Bonchev–Trinajstić information content (AvgIpc) is 2.74. The standard InChI is InChI=1S/C15H22N2O/c1-12-3-5-13(6-4-12)7-8-15(18)16-14-9-10-17(2)11-14/h3-6,14H,7-11H2,1-2H3,(H,16,18). The highest BCUT2D eigenvalue weighted by Crippen LogP contribution is 2.08. The number of hydrogen-bond acceptors (Lipinski definition) is 2. The Morgan fingerprint density at radius 1 is 1.39 bits per heavy atom. The van der Waals surface area contributed by atoms with Crippen LogP contribution < -0.4 is 5.32 Å². The second-order valence-electron chi connectivity index (χ2n) is 5.30. The Morgan fingerprint density at radius 2 is 2.11 bits per heavy atom. The molecule has 0 bridgehead atoms. The molecule has 1 aromatic rings. The fourth-order valence-electron chi connectivity index (χ4n) is 2.37. The van der Waals surface area contributed by atoms with E-state index in [9.17, 15) is 4.79 Å². The third-order valence-corrected chi connectivity index (χ3v) is 3.52. The first-order valence-electron chi connectivity index (χ1n) is 6.67. The molecule has 0 saturated carbocycles. The molecule has 1 heterocycles. The van der Waals surface area contributed by atoms with Gasteiger partial charge in [-0.15, -0.1) is 0 Å². The quantitative estimate of drug-likeness (QED) is 0.878. The third-order valence-electron chi connectivity index (χ3n) is 3.52. The minimum absolute atomic E-state index is 0.177. The predicted molar refractivity (Wildman–Crippen MR) is 73.5 cm³/mol. The van der Waals surface area contributed by atoms with Crippen molar-refractivity contribution in [3.63, 3.8) is 0 Å². The molecule has 1 aliphatic rings. The van der Waals surface area contributed by atoms with E-state index in [0.717, 1.165) is 25.9 Å². The van der Waals surface area contributed by atoms with E-state index in [1.807, 2.05) is 0 Å². The van der Waals surface area contributed by atoms with Crippen molar-refractivity contribution in [3.05, 3.63) is 35.4 Å². The van der Waals surface area contributed by atoms with Gasteiger partial charge in [0, 0.05) is 19.0 Å². The molecule has 3 heteroatoms. The lowest BCUT2D eigenvalue weighted by Gasteiger charge is -2.12. The first-order valence-corrected chi connectivity index (χ1v) is 6.67. The largest absolute Gasteiger partial charge is 0.352 e. The van der Waals surface area contributed by atoms with Gasteiger partial charge in [-0.25, -0.2) is 0 Å². The van der Waals surface area contributed by atoms with Crippen LogP contribution in [0.5, 0.6) is 0 Å². The summed E-state index contributed by atoms with van der Waals surface area (Å²) < 4.78 is 0. The normalized spacial score (nSPS) is 20.0. The molecule has 18 heavy (non-hydrogen) atoms. The van der Waals surface area contributed by atoms with Gasteiger partial charge in [-0.3, -0.25) is 4.79 Å². The summed E-state index contributed by atoms with van der Waals surface area (Å²) in [5.74, 6) is 0.177. The first-order chi connectivity index (χ1) is 8.63. The van der Waals surface area contributed by atoms with Gasteiger partial charge in [0.25, 0.3) is 0 Å². The SMILES string of the molecule is Cc1ccc(CCC(=O)NC2CCN(C)C2)cc1. The summed E-state index contributed by atoms with van der Waals surface area (Å²) in [6, 6.07) is 8.75. The summed E-state index contributed by atoms with van der Waals surface area (Å²) in [5, 5.41) is 3.11. The molecule has 2 rings (SSSR count). The summed E-state index contributed by atoms with van der Waals surface area (Å²) in [6.07, 6.45) is 2.49. The first kappa shape index (κ1) is 13.1. The Hall–Kier alpha value is -1.35. The van der Waals surface area contributed by atoms with Crippen LogP contribution in [-0.2, 0) is 11.2 Å². The highest BCUT2D eigenvalue weighted by atomic mass is 16.1.